The van der Waals surface area contributed by atoms with Crippen LogP contribution in [0.2, 0.25) is 0 Å². The van der Waals surface area contributed by atoms with Crippen LogP contribution < -0.4 is 0 Å². The molecule has 4 heteroatoms. The second-order valence-electron chi connectivity index (χ2n) is 10.4. The van der Waals surface area contributed by atoms with Gasteiger partial charge in [-0.1, -0.05) is 103 Å². The number of rotatable bonds is 8. The normalized spacial score (nSPS) is 9.39. The minimum atomic E-state index is 0.677. The number of nitrogens with zero attached hydrogens (tertiary/aromatic N) is 1. The Kier molecular flexibility index (Phi) is 17.4. The molecular weight excluding hydrogens is 606 g/mol. The number of aldehydes is 1. The van der Waals surface area contributed by atoms with Crippen LogP contribution in [0.5, 0.6) is 0 Å². The van der Waals surface area contributed by atoms with Crippen molar-refractivity contribution in [3.63, 3.8) is 0 Å². The van der Waals surface area contributed by atoms with E-state index in [2.05, 4.69) is 102 Å². The van der Waals surface area contributed by atoms with Gasteiger partial charge in [-0.05, 0) is 97.5 Å². The summed E-state index contributed by atoms with van der Waals surface area (Å²) >= 11 is 3.42. The maximum Gasteiger partial charge on any atom is 0.209 e. The maximum absolute atomic E-state index is 10.6. The molecule has 0 saturated heterocycles. The molecule has 226 valence electrons. The predicted octanol–water partition coefficient (Wildman–Crippen LogP) is 9.14. The Labute approximate surface area is 272 Å². The number of carbonyl (C=O) groups excluding carboxylic acids is 2. The lowest BCUT2D eigenvalue weighted by Gasteiger charge is -1.99. The Morgan fingerprint density at radius 3 is 1.18 bits per heavy atom. The molecule has 44 heavy (non-hydrogen) atoms. The van der Waals surface area contributed by atoms with Crippen molar-refractivity contribution in [1.29, 1.82) is 0 Å². The summed E-state index contributed by atoms with van der Waals surface area (Å²) in [5.41, 5.74) is 7.50. The van der Waals surface area contributed by atoms with Crippen molar-refractivity contribution in [3.05, 3.63) is 140 Å². The van der Waals surface area contributed by atoms with Crippen LogP contribution in [-0.2, 0) is 17.6 Å². The standard InChI is InChI=1S/C19H18O.C18H17Br.C3H7NO/c1-2-3-4-16-5-7-17(8-6-16)9-10-18-11-13-19(15-20)14-12-18;1-2-3-4-15-5-7-16(8-6-15)9-10-17-11-13-18(19)14-12-17;1-4(2)3-5/h5-8,11-15H,2-4H2,1H3;5-8,11-14H,2-4H2,1H3;3H,1-2H3. The average molecular weight is 649 g/mol. The number of benzene rings is 4. The van der Waals surface area contributed by atoms with E-state index in [4.69, 9.17) is 0 Å². The lowest BCUT2D eigenvalue weighted by atomic mass is 10.1. The summed E-state index contributed by atoms with van der Waals surface area (Å²) in [5.74, 6) is 12.6. The molecular formula is C40H42BrNO2. The first kappa shape index (κ1) is 35.8. The second kappa shape index (κ2) is 21.3. The maximum atomic E-state index is 10.6. The predicted molar refractivity (Wildman–Crippen MR) is 188 cm³/mol. The van der Waals surface area contributed by atoms with Gasteiger partial charge in [0, 0.05) is 46.4 Å². The van der Waals surface area contributed by atoms with Crippen molar-refractivity contribution in [3.8, 4) is 23.7 Å². The molecule has 0 aliphatic rings. The minimum Gasteiger partial charge on any atom is -0.351 e. The van der Waals surface area contributed by atoms with Gasteiger partial charge in [-0.15, -0.1) is 0 Å². The summed E-state index contributed by atoms with van der Waals surface area (Å²) in [4.78, 5) is 21.4. The Bertz CT molecular complexity index is 1510. The molecule has 0 bridgehead atoms. The number of hydrogen-bond donors (Lipinski definition) is 0. The first-order valence-corrected chi connectivity index (χ1v) is 15.8. The smallest absolute Gasteiger partial charge is 0.209 e. The summed E-state index contributed by atoms with van der Waals surface area (Å²) in [5, 5.41) is 0. The molecule has 0 N–H and O–H groups in total. The van der Waals surface area contributed by atoms with E-state index < -0.39 is 0 Å². The molecule has 0 atom stereocenters. The van der Waals surface area contributed by atoms with Gasteiger partial charge in [0.25, 0.3) is 0 Å². The lowest BCUT2D eigenvalue weighted by Crippen LogP contribution is -2.06. The highest BCUT2D eigenvalue weighted by atomic mass is 79.9. The summed E-state index contributed by atoms with van der Waals surface area (Å²) in [6, 6.07) is 32.4. The third kappa shape index (κ3) is 15.2. The molecule has 4 aromatic rings. The molecule has 0 aromatic heterocycles. The van der Waals surface area contributed by atoms with E-state index in [-0.39, 0.29) is 0 Å². The van der Waals surface area contributed by atoms with Gasteiger partial charge in [-0.2, -0.15) is 0 Å². The third-order valence-corrected chi connectivity index (χ3v) is 6.88. The van der Waals surface area contributed by atoms with Crippen molar-refractivity contribution < 1.29 is 9.59 Å². The first-order chi connectivity index (χ1) is 21.4. The Balaban J connectivity index is 0.000000267. The zero-order chi connectivity index (χ0) is 32.0. The number of amides is 1. The van der Waals surface area contributed by atoms with Gasteiger partial charge in [0.15, 0.2) is 0 Å². The fourth-order valence-corrected chi connectivity index (χ4v) is 4.00. The molecule has 0 spiro atoms. The molecule has 1 amide bonds. The average Bonchev–Trinajstić information content (AvgIpc) is 3.07. The summed E-state index contributed by atoms with van der Waals surface area (Å²) in [7, 11) is 3.38. The molecule has 0 heterocycles. The molecule has 0 unspecified atom stereocenters. The van der Waals surface area contributed by atoms with E-state index >= 15 is 0 Å². The van der Waals surface area contributed by atoms with E-state index in [0.29, 0.717) is 5.56 Å². The Morgan fingerprint density at radius 1 is 0.568 bits per heavy atom. The van der Waals surface area contributed by atoms with Gasteiger partial charge in [-0.25, -0.2) is 0 Å². The van der Waals surface area contributed by atoms with Crippen molar-refractivity contribution >= 4 is 28.6 Å². The van der Waals surface area contributed by atoms with Crippen molar-refractivity contribution in [1.82, 2.24) is 4.90 Å². The van der Waals surface area contributed by atoms with Gasteiger partial charge in [0.1, 0.15) is 6.29 Å². The SMILES string of the molecule is CCCCc1ccc(C#Cc2ccc(Br)cc2)cc1.CCCCc1ccc(C#Cc2ccc(C=O)cc2)cc1.CN(C)C=O. The number of hydrogen-bond acceptors (Lipinski definition) is 2. The van der Waals surface area contributed by atoms with Crippen LogP contribution >= 0.6 is 15.9 Å². The van der Waals surface area contributed by atoms with Crippen LogP contribution in [0, 0.1) is 23.7 Å². The largest absolute Gasteiger partial charge is 0.351 e. The van der Waals surface area contributed by atoms with E-state index in [0.717, 1.165) is 52.3 Å². The minimum absolute atomic E-state index is 0.677. The van der Waals surface area contributed by atoms with Crippen LogP contribution in [0.3, 0.4) is 0 Å². The van der Waals surface area contributed by atoms with Gasteiger partial charge in [0.2, 0.25) is 6.41 Å². The van der Waals surface area contributed by atoms with Crippen LogP contribution in [0.1, 0.15) is 83.3 Å². The third-order valence-electron chi connectivity index (χ3n) is 6.35. The van der Waals surface area contributed by atoms with Gasteiger partial charge in [-0.3, -0.25) is 9.59 Å². The zero-order valence-corrected chi connectivity index (χ0v) is 27.9. The number of carbonyl (C=O) groups is 2. The van der Waals surface area contributed by atoms with Gasteiger partial charge < -0.3 is 4.90 Å². The van der Waals surface area contributed by atoms with E-state index in [1.54, 1.807) is 26.2 Å². The lowest BCUT2D eigenvalue weighted by molar-refractivity contribution is -0.115. The van der Waals surface area contributed by atoms with Crippen molar-refractivity contribution in [2.24, 2.45) is 0 Å². The van der Waals surface area contributed by atoms with Gasteiger partial charge >= 0.3 is 0 Å². The van der Waals surface area contributed by atoms with Crippen molar-refractivity contribution in [2.45, 2.75) is 52.4 Å². The highest BCUT2D eigenvalue weighted by Gasteiger charge is 1.94. The number of halogens is 1. The molecule has 0 fully saturated rings. The molecule has 4 rings (SSSR count). The summed E-state index contributed by atoms with van der Waals surface area (Å²) < 4.78 is 1.08. The second-order valence-corrected chi connectivity index (χ2v) is 11.3. The van der Waals surface area contributed by atoms with Gasteiger partial charge in [0.05, 0.1) is 0 Å². The molecule has 0 aliphatic carbocycles. The molecule has 4 aromatic carbocycles. The first-order valence-electron chi connectivity index (χ1n) is 15.0. The van der Waals surface area contributed by atoms with Crippen LogP contribution in [-0.4, -0.2) is 31.7 Å². The van der Waals surface area contributed by atoms with Crippen LogP contribution in [0.15, 0.2) is 102 Å². The highest BCUT2D eigenvalue weighted by Crippen LogP contribution is 2.11. The molecule has 0 radical (unpaired) electrons. The highest BCUT2D eigenvalue weighted by molar-refractivity contribution is 9.10. The fourth-order valence-electron chi connectivity index (χ4n) is 3.74. The fraction of sp³-hybridized carbons (Fsp3) is 0.250. The topological polar surface area (TPSA) is 37.4 Å². The monoisotopic (exact) mass is 647 g/mol. The zero-order valence-electron chi connectivity index (χ0n) is 26.3. The van der Waals surface area contributed by atoms with E-state index in [9.17, 15) is 9.59 Å². The Morgan fingerprint density at radius 2 is 0.886 bits per heavy atom. The van der Waals surface area contributed by atoms with E-state index in [1.807, 2.05) is 36.4 Å². The molecule has 0 saturated carbocycles. The van der Waals surface area contributed by atoms with Crippen molar-refractivity contribution in [2.75, 3.05) is 14.1 Å². The number of aryl methyl sites for hydroxylation is 2. The van der Waals surface area contributed by atoms with E-state index in [1.165, 1.54) is 41.7 Å². The van der Waals surface area contributed by atoms with Crippen LogP contribution in [0.4, 0.5) is 0 Å². The quantitative estimate of drug-likeness (QED) is 0.141. The van der Waals surface area contributed by atoms with Crippen LogP contribution in [0.25, 0.3) is 0 Å². The molecule has 3 nitrogen and oxygen atoms in total. The summed E-state index contributed by atoms with van der Waals surface area (Å²) in [6.07, 6.45) is 8.84. The summed E-state index contributed by atoms with van der Waals surface area (Å²) in [6.45, 7) is 4.42. The molecule has 0 aliphatic heterocycles. The Hall–Kier alpha value is -4.38. The number of unbranched alkanes of at least 4 members (excludes halogenated alkanes) is 2.